The third-order valence-electron chi connectivity index (χ3n) is 3.59. The van der Waals surface area contributed by atoms with Gasteiger partial charge in [-0.25, -0.2) is 8.78 Å². The Balaban J connectivity index is 1.90. The van der Waals surface area contributed by atoms with Crippen molar-refractivity contribution in [1.82, 2.24) is 15.1 Å². The molecule has 0 spiro atoms. The number of hydrogen-bond acceptors (Lipinski definition) is 5. The minimum Gasteiger partial charge on any atom is -0.487 e. The SMILES string of the molecule is CC(C)(C)c1noc(-c2cc(OCC(F)F)c(C3CC3)cn2)n1. The summed E-state index contributed by atoms with van der Waals surface area (Å²) in [6, 6.07) is 1.61. The van der Waals surface area contributed by atoms with E-state index in [4.69, 9.17) is 9.26 Å². The zero-order valence-corrected chi connectivity index (χ0v) is 13.3. The van der Waals surface area contributed by atoms with Gasteiger partial charge in [-0.1, -0.05) is 25.9 Å². The molecular weight excluding hydrogens is 304 g/mol. The van der Waals surface area contributed by atoms with Crippen LogP contribution in [0.3, 0.4) is 0 Å². The normalized spacial score (nSPS) is 15.2. The van der Waals surface area contributed by atoms with Gasteiger partial charge in [0.15, 0.2) is 5.82 Å². The lowest BCUT2D eigenvalue weighted by Gasteiger charge is -2.11. The molecule has 0 aliphatic heterocycles. The van der Waals surface area contributed by atoms with Crippen LogP contribution in [0.1, 0.15) is 50.9 Å². The van der Waals surface area contributed by atoms with Crippen LogP contribution in [0.2, 0.25) is 0 Å². The smallest absolute Gasteiger partial charge is 0.276 e. The first-order valence-corrected chi connectivity index (χ1v) is 7.60. The Kier molecular flexibility index (Phi) is 4.04. The fourth-order valence-electron chi connectivity index (χ4n) is 2.18. The number of halogens is 2. The van der Waals surface area contributed by atoms with E-state index in [1.807, 2.05) is 20.8 Å². The van der Waals surface area contributed by atoms with Gasteiger partial charge in [-0.05, 0) is 18.8 Å². The number of hydrogen-bond donors (Lipinski definition) is 0. The summed E-state index contributed by atoms with van der Waals surface area (Å²) in [7, 11) is 0. The van der Waals surface area contributed by atoms with E-state index >= 15 is 0 Å². The van der Waals surface area contributed by atoms with Crippen molar-refractivity contribution in [3.63, 3.8) is 0 Å². The summed E-state index contributed by atoms with van der Waals surface area (Å²) >= 11 is 0. The van der Waals surface area contributed by atoms with Crippen LogP contribution in [0, 0.1) is 0 Å². The summed E-state index contributed by atoms with van der Waals surface area (Å²) in [5.41, 5.74) is 1.05. The van der Waals surface area contributed by atoms with E-state index in [-0.39, 0.29) is 11.3 Å². The predicted molar refractivity (Wildman–Crippen MR) is 79.7 cm³/mol. The maximum absolute atomic E-state index is 12.4. The van der Waals surface area contributed by atoms with E-state index in [0.717, 1.165) is 18.4 Å². The highest BCUT2D eigenvalue weighted by molar-refractivity contribution is 5.53. The average molecular weight is 323 g/mol. The maximum atomic E-state index is 12.4. The van der Waals surface area contributed by atoms with Crippen molar-refractivity contribution in [3.05, 3.63) is 23.7 Å². The van der Waals surface area contributed by atoms with E-state index in [1.54, 1.807) is 12.3 Å². The van der Waals surface area contributed by atoms with Crippen LogP contribution in [0.5, 0.6) is 5.75 Å². The highest BCUT2D eigenvalue weighted by atomic mass is 19.3. The molecule has 23 heavy (non-hydrogen) atoms. The molecule has 0 amide bonds. The van der Waals surface area contributed by atoms with Crippen molar-refractivity contribution < 1.29 is 18.0 Å². The lowest BCUT2D eigenvalue weighted by Crippen LogP contribution is -2.13. The summed E-state index contributed by atoms with van der Waals surface area (Å²) in [6.45, 7) is 5.29. The number of ether oxygens (including phenoxy) is 1. The standard InChI is InChI=1S/C16H19F2N3O2/c1-16(2,3)15-20-14(23-21-15)11-6-12(22-8-13(17)18)10(7-19-11)9-4-5-9/h6-7,9,13H,4-5,8H2,1-3H3. The van der Waals surface area contributed by atoms with E-state index in [9.17, 15) is 8.78 Å². The zero-order chi connectivity index (χ0) is 16.6. The zero-order valence-electron chi connectivity index (χ0n) is 13.3. The predicted octanol–water partition coefficient (Wildman–Crippen LogP) is 3.95. The van der Waals surface area contributed by atoms with Gasteiger partial charge in [-0.2, -0.15) is 4.98 Å². The number of rotatable bonds is 5. The maximum Gasteiger partial charge on any atom is 0.276 e. The van der Waals surface area contributed by atoms with Gasteiger partial charge in [0.05, 0.1) is 0 Å². The summed E-state index contributed by atoms with van der Waals surface area (Å²) < 4.78 is 35.4. The van der Waals surface area contributed by atoms with Crippen molar-refractivity contribution >= 4 is 0 Å². The molecule has 3 rings (SSSR count). The second-order valence-corrected chi connectivity index (χ2v) is 6.76. The van der Waals surface area contributed by atoms with Gasteiger partial charge in [0.2, 0.25) is 0 Å². The number of aromatic nitrogens is 3. The Hall–Kier alpha value is -2.05. The van der Waals surface area contributed by atoms with Gasteiger partial charge in [0.25, 0.3) is 12.3 Å². The highest BCUT2D eigenvalue weighted by Gasteiger charge is 2.29. The van der Waals surface area contributed by atoms with Crippen LogP contribution in [-0.2, 0) is 5.41 Å². The van der Waals surface area contributed by atoms with Crippen LogP contribution in [-0.4, -0.2) is 28.2 Å². The largest absolute Gasteiger partial charge is 0.487 e. The molecule has 0 radical (unpaired) electrons. The number of nitrogens with zero attached hydrogens (tertiary/aromatic N) is 3. The molecule has 1 fully saturated rings. The Bertz CT molecular complexity index is 691. The van der Waals surface area contributed by atoms with Crippen LogP contribution in [0.25, 0.3) is 11.6 Å². The molecule has 0 N–H and O–H groups in total. The molecule has 2 heterocycles. The molecule has 7 heteroatoms. The topological polar surface area (TPSA) is 61.0 Å². The lowest BCUT2D eigenvalue weighted by molar-refractivity contribution is 0.0814. The van der Waals surface area contributed by atoms with Gasteiger partial charge in [0, 0.05) is 23.2 Å². The van der Waals surface area contributed by atoms with Crippen LogP contribution < -0.4 is 4.74 Å². The number of pyridine rings is 1. The fraction of sp³-hybridized carbons (Fsp3) is 0.562. The molecule has 0 aromatic carbocycles. The van der Waals surface area contributed by atoms with Crippen LogP contribution in [0.15, 0.2) is 16.8 Å². The van der Waals surface area contributed by atoms with E-state index < -0.39 is 13.0 Å². The molecule has 124 valence electrons. The van der Waals surface area contributed by atoms with Gasteiger partial charge < -0.3 is 9.26 Å². The molecule has 1 aliphatic rings. The first kappa shape index (κ1) is 15.8. The second-order valence-electron chi connectivity index (χ2n) is 6.76. The van der Waals surface area contributed by atoms with Crippen molar-refractivity contribution in [2.45, 2.75) is 51.4 Å². The van der Waals surface area contributed by atoms with Gasteiger partial charge in [-0.15, -0.1) is 0 Å². The molecule has 1 saturated carbocycles. The van der Waals surface area contributed by atoms with Crippen LogP contribution >= 0.6 is 0 Å². The lowest BCUT2D eigenvalue weighted by atomic mass is 9.96. The molecule has 0 bridgehead atoms. The molecular formula is C16H19F2N3O2. The third-order valence-corrected chi connectivity index (χ3v) is 3.59. The highest BCUT2D eigenvalue weighted by Crippen LogP contribution is 2.44. The van der Waals surface area contributed by atoms with Crippen LogP contribution in [0.4, 0.5) is 8.78 Å². The Morgan fingerprint density at radius 1 is 1.35 bits per heavy atom. The second kappa shape index (κ2) is 5.86. The summed E-state index contributed by atoms with van der Waals surface area (Å²) in [4.78, 5) is 8.66. The van der Waals surface area contributed by atoms with E-state index in [0.29, 0.717) is 23.2 Å². The van der Waals surface area contributed by atoms with E-state index in [2.05, 4.69) is 15.1 Å². The first-order chi connectivity index (χ1) is 10.8. The fourth-order valence-corrected chi connectivity index (χ4v) is 2.18. The summed E-state index contributed by atoms with van der Waals surface area (Å²) in [6.07, 6.45) is 1.20. The van der Waals surface area contributed by atoms with Crippen molar-refractivity contribution in [1.29, 1.82) is 0 Å². The molecule has 1 aliphatic carbocycles. The summed E-state index contributed by atoms with van der Waals surface area (Å²) in [5, 5.41) is 3.95. The molecule has 5 nitrogen and oxygen atoms in total. The summed E-state index contributed by atoms with van der Waals surface area (Å²) in [5.74, 6) is 1.60. The molecule has 0 atom stereocenters. The minimum atomic E-state index is -2.52. The van der Waals surface area contributed by atoms with Gasteiger partial charge in [-0.3, -0.25) is 4.98 Å². The average Bonchev–Trinajstić information content (AvgIpc) is 3.19. The molecule has 0 unspecified atom stereocenters. The Morgan fingerprint density at radius 2 is 2.09 bits per heavy atom. The van der Waals surface area contributed by atoms with Crippen molar-refractivity contribution in [2.75, 3.05) is 6.61 Å². The molecule has 2 aromatic rings. The minimum absolute atomic E-state index is 0.245. The quantitative estimate of drug-likeness (QED) is 0.834. The van der Waals surface area contributed by atoms with Crippen molar-refractivity contribution in [3.8, 4) is 17.3 Å². The van der Waals surface area contributed by atoms with Gasteiger partial charge in [0.1, 0.15) is 18.1 Å². The number of alkyl halides is 2. The molecule has 0 saturated heterocycles. The van der Waals surface area contributed by atoms with E-state index in [1.165, 1.54) is 0 Å². The Labute approximate surface area is 133 Å². The van der Waals surface area contributed by atoms with Crippen molar-refractivity contribution in [2.24, 2.45) is 0 Å². The molecule has 2 aromatic heterocycles. The third kappa shape index (κ3) is 3.65. The monoisotopic (exact) mass is 323 g/mol. The van der Waals surface area contributed by atoms with Gasteiger partial charge >= 0.3 is 0 Å². The Morgan fingerprint density at radius 3 is 2.65 bits per heavy atom. The first-order valence-electron chi connectivity index (χ1n) is 7.60.